The average Bonchev–Trinajstić information content (AvgIpc) is 2.23. The maximum absolute atomic E-state index is 11.7. The van der Waals surface area contributed by atoms with E-state index >= 15 is 0 Å². The lowest BCUT2D eigenvalue weighted by atomic mass is 10.1. The summed E-state index contributed by atoms with van der Waals surface area (Å²) in [5, 5.41) is 0. The number of hydrogen-bond acceptors (Lipinski definition) is 4. The molecule has 0 heterocycles. The maximum Gasteiger partial charge on any atom is 0.350 e. The highest BCUT2D eigenvalue weighted by atomic mass is 16.6. The smallest absolute Gasteiger partial charge is 0.350 e. The topological polar surface area (TPSA) is 52.6 Å². The van der Waals surface area contributed by atoms with E-state index in [1.54, 1.807) is 6.92 Å². The quantitative estimate of drug-likeness (QED) is 0.530. The summed E-state index contributed by atoms with van der Waals surface area (Å²) >= 11 is 0. The Morgan fingerprint density at radius 1 is 1.29 bits per heavy atom. The maximum atomic E-state index is 11.7. The number of rotatable bonds is 6. The molecule has 0 saturated heterocycles. The molecule has 0 rings (SSSR count). The molecule has 0 aliphatic heterocycles. The number of carbonyl (C=O) groups is 2. The van der Waals surface area contributed by atoms with Crippen molar-refractivity contribution in [2.24, 2.45) is 5.92 Å². The number of esters is 2. The molecule has 0 amide bonds. The first-order valence-corrected chi connectivity index (χ1v) is 5.79. The highest BCUT2D eigenvalue weighted by Crippen LogP contribution is 2.15. The Bertz CT molecular complexity index is 303. The van der Waals surface area contributed by atoms with Crippen molar-refractivity contribution in [3.63, 3.8) is 0 Å². The van der Waals surface area contributed by atoms with Crippen LogP contribution in [0.2, 0.25) is 0 Å². The summed E-state index contributed by atoms with van der Waals surface area (Å²) < 4.78 is 10.1. The van der Waals surface area contributed by atoms with Crippen LogP contribution in [0.5, 0.6) is 0 Å². The zero-order valence-corrected chi connectivity index (χ0v) is 11.3. The standard InChI is InChI=1S/C13H22O4/c1-7-10(4)11(14)17-13(5,6)12(15)16-8-9(2)3/h9H,4,7-8H2,1-3,5-6H3. The lowest BCUT2D eigenvalue weighted by Gasteiger charge is -2.23. The largest absolute Gasteiger partial charge is 0.462 e. The van der Waals surface area contributed by atoms with Crippen LogP contribution in [0.4, 0.5) is 0 Å². The van der Waals surface area contributed by atoms with E-state index in [0.717, 1.165) is 0 Å². The highest BCUT2D eigenvalue weighted by Gasteiger charge is 2.34. The van der Waals surface area contributed by atoms with E-state index in [9.17, 15) is 9.59 Å². The summed E-state index contributed by atoms with van der Waals surface area (Å²) in [6.45, 7) is 12.6. The minimum absolute atomic E-state index is 0.246. The third-order valence-electron chi connectivity index (χ3n) is 2.10. The number of hydrogen-bond donors (Lipinski definition) is 0. The second-order valence-electron chi connectivity index (χ2n) is 4.85. The number of ether oxygens (including phenoxy) is 2. The lowest BCUT2D eigenvalue weighted by Crippen LogP contribution is -2.39. The molecule has 0 aliphatic rings. The summed E-state index contributed by atoms with van der Waals surface area (Å²) in [5.74, 6) is -0.849. The molecule has 0 unspecified atom stereocenters. The van der Waals surface area contributed by atoms with Gasteiger partial charge in [0.1, 0.15) is 0 Å². The molecule has 4 heteroatoms. The van der Waals surface area contributed by atoms with Gasteiger partial charge in [0.2, 0.25) is 5.60 Å². The molecule has 17 heavy (non-hydrogen) atoms. The van der Waals surface area contributed by atoms with E-state index in [2.05, 4.69) is 6.58 Å². The van der Waals surface area contributed by atoms with Crippen molar-refractivity contribution < 1.29 is 19.1 Å². The molecule has 4 nitrogen and oxygen atoms in total. The van der Waals surface area contributed by atoms with E-state index in [0.29, 0.717) is 18.6 Å². The van der Waals surface area contributed by atoms with Gasteiger partial charge in [-0.3, -0.25) is 0 Å². The van der Waals surface area contributed by atoms with E-state index in [1.165, 1.54) is 13.8 Å². The van der Waals surface area contributed by atoms with Crippen LogP contribution in [0, 0.1) is 5.92 Å². The molecule has 0 bridgehead atoms. The Kier molecular flexibility index (Phi) is 5.93. The van der Waals surface area contributed by atoms with Crippen LogP contribution in [0.3, 0.4) is 0 Å². The molecule has 0 radical (unpaired) electrons. The van der Waals surface area contributed by atoms with Gasteiger partial charge < -0.3 is 9.47 Å². The SMILES string of the molecule is C=C(CC)C(=O)OC(C)(C)C(=O)OCC(C)C. The van der Waals surface area contributed by atoms with E-state index < -0.39 is 17.5 Å². The summed E-state index contributed by atoms with van der Waals surface area (Å²) in [4.78, 5) is 23.2. The van der Waals surface area contributed by atoms with Crippen LogP contribution < -0.4 is 0 Å². The van der Waals surface area contributed by atoms with Crippen molar-refractivity contribution in [2.45, 2.75) is 46.6 Å². The van der Waals surface area contributed by atoms with Gasteiger partial charge in [-0.2, -0.15) is 0 Å². The molecule has 0 aromatic carbocycles. The van der Waals surface area contributed by atoms with Gasteiger partial charge in [0, 0.05) is 5.57 Å². The Labute approximate surface area is 103 Å². The van der Waals surface area contributed by atoms with E-state index in [4.69, 9.17) is 9.47 Å². The van der Waals surface area contributed by atoms with Gasteiger partial charge in [0.05, 0.1) is 6.61 Å². The van der Waals surface area contributed by atoms with Gasteiger partial charge in [-0.25, -0.2) is 9.59 Å². The predicted octanol–water partition coefficient (Wildman–Crippen LogP) is 2.47. The first-order valence-electron chi connectivity index (χ1n) is 5.79. The molecule has 0 fully saturated rings. The molecule has 0 saturated carbocycles. The minimum Gasteiger partial charge on any atom is -0.462 e. The summed E-state index contributed by atoms with van der Waals surface area (Å²) in [7, 11) is 0. The van der Waals surface area contributed by atoms with Crippen molar-refractivity contribution >= 4 is 11.9 Å². The van der Waals surface area contributed by atoms with E-state index in [1.807, 2.05) is 13.8 Å². The van der Waals surface area contributed by atoms with Gasteiger partial charge in [0.25, 0.3) is 0 Å². The third-order valence-corrected chi connectivity index (χ3v) is 2.10. The van der Waals surface area contributed by atoms with Gasteiger partial charge in [-0.05, 0) is 26.2 Å². The zero-order valence-electron chi connectivity index (χ0n) is 11.3. The minimum atomic E-state index is -1.27. The van der Waals surface area contributed by atoms with Gasteiger partial charge in [-0.1, -0.05) is 27.4 Å². The van der Waals surface area contributed by atoms with Crippen LogP contribution in [0.15, 0.2) is 12.2 Å². The molecule has 0 aromatic rings. The lowest BCUT2D eigenvalue weighted by molar-refractivity contribution is -0.177. The molecule has 0 aliphatic carbocycles. The normalized spacial score (nSPS) is 11.2. The fourth-order valence-electron chi connectivity index (χ4n) is 0.906. The third kappa shape index (κ3) is 5.52. The second-order valence-corrected chi connectivity index (χ2v) is 4.85. The first kappa shape index (κ1) is 15.7. The molecule has 0 spiro atoms. The van der Waals surface area contributed by atoms with Gasteiger partial charge in [0.15, 0.2) is 0 Å². The van der Waals surface area contributed by atoms with Gasteiger partial charge in [-0.15, -0.1) is 0 Å². The van der Waals surface area contributed by atoms with Crippen LogP contribution >= 0.6 is 0 Å². The summed E-state index contributed by atoms with van der Waals surface area (Å²) in [5.41, 5.74) is -0.931. The first-order chi connectivity index (χ1) is 7.70. The van der Waals surface area contributed by atoms with Crippen molar-refractivity contribution in [2.75, 3.05) is 6.61 Å². The van der Waals surface area contributed by atoms with Crippen LogP contribution in [-0.2, 0) is 19.1 Å². The van der Waals surface area contributed by atoms with Crippen molar-refractivity contribution in [1.82, 2.24) is 0 Å². The molecular formula is C13H22O4. The zero-order chi connectivity index (χ0) is 13.6. The number of carbonyl (C=O) groups excluding carboxylic acids is 2. The Morgan fingerprint density at radius 2 is 1.82 bits per heavy atom. The predicted molar refractivity (Wildman–Crippen MR) is 65.4 cm³/mol. The summed E-state index contributed by atoms with van der Waals surface area (Å²) in [6, 6.07) is 0. The molecule has 0 N–H and O–H groups in total. The summed E-state index contributed by atoms with van der Waals surface area (Å²) in [6.07, 6.45) is 0.496. The van der Waals surface area contributed by atoms with Crippen LogP contribution in [-0.4, -0.2) is 24.1 Å². The van der Waals surface area contributed by atoms with Crippen molar-refractivity contribution in [1.29, 1.82) is 0 Å². The average molecular weight is 242 g/mol. The monoisotopic (exact) mass is 242 g/mol. The molecule has 0 atom stereocenters. The van der Waals surface area contributed by atoms with E-state index in [-0.39, 0.29) is 5.92 Å². The Hall–Kier alpha value is -1.32. The highest BCUT2D eigenvalue weighted by molar-refractivity contribution is 5.91. The van der Waals surface area contributed by atoms with Gasteiger partial charge >= 0.3 is 11.9 Å². The van der Waals surface area contributed by atoms with Crippen molar-refractivity contribution in [3.05, 3.63) is 12.2 Å². The Balaban J connectivity index is 4.41. The van der Waals surface area contributed by atoms with Crippen LogP contribution in [0.1, 0.15) is 41.0 Å². The fraction of sp³-hybridized carbons (Fsp3) is 0.692. The van der Waals surface area contributed by atoms with Crippen molar-refractivity contribution in [3.8, 4) is 0 Å². The molecule has 98 valence electrons. The molecular weight excluding hydrogens is 220 g/mol. The second kappa shape index (κ2) is 6.42. The molecule has 0 aromatic heterocycles. The van der Waals surface area contributed by atoms with Crippen LogP contribution in [0.25, 0.3) is 0 Å². The Morgan fingerprint density at radius 3 is 2.24 bits per heavy atom. The fourth-order valence-corrected chi connectivity index (χ4v) is 0.906.